The van der Waals surface area contributed by atoms with Crippen LogP contribution in [-0.2, 0) is 0 Å². The molecule has 2 nitrogen and oxygen atoms in total. The molecule has 1 N–H and O–H groups in total. The van der Waals surface area contributed by atoms with Crippen LogP contribution in [-0.4, -0.2) is 4.98 Å². The summed E-state index contributed by atoms with van der Waals surface area (Å²) in [5.74, 6) is 0. The second-order valence-electron chi connectivity index (χ2n) is 1.34. The van der Waals surface area contributed by atoms with Crippen molar-refractivity contribution < 1.29 is 0 Å². The minimum Gasteiger partial charge on any atom is -0.327 e. The van der Waals surface area contributed by atoms with Gasteiger partial charge in [-0.15, -0.1) is 0 Å². The molecule has 1 heterocycles. The quantitative estimate of drug-likeness (QED) is 0.576. The fourth-order valence-electron chi connectivity index (χ4n) is 0.419. The average Bonchev–Trinajstić information content (AvgIpc) is 1.90. The first-order valence-electron chi connectivity index (χ1n) is 2.20. The Balaban J connectivity index is 2.83. The number of rotatable bonds is 1. The van der Waals surface area contributed by atoms with Crippen molar-refractivity contribution in [2.45, 2.75) is 0 Å². The molecule has 1 aromatic heterocycles. The SMILES string of the molecule is INc1cccnc1. The number of aromatic nitrogens is 1. The summed E-state index contributed by atoms with van der Waals surface area (Å²) in [4.78, 5) is 3.89. The van der Waals surface area contributed by atoms with Gasteiger partial charge in [-0.25, -0.2) is 0 Å². The zero-order valence-electron chi connectivity index (χ0n) is 4.13. The van der Waals surface area contributed by atoms with Gasteiger partial charge in [0.15, 0.2) is 0 Å². The Morgan fingerprint density at radius 3 is 2.88 bits per heavy atom. The number of halogens is 1. The number of hydrogen-bond donors (Lipinski definition) is 1. The molecule has 1 rings (SSSR count). The van der Waals surface area contributed by atoms with Gasteiger partial charge in [0.05, 0.1) is 34.7 Å². The molecule has 0 unspecified atom stereocenters. The minimum atomic E-state index is 1.04. The van der Waals surface area contributed by atoms with Gasteiger partial charge in [-0.05, 0) is 12.1 Å². The highest BCUT2D eigenvalue weighted by Gasteiger charge is 1.80. The number of anilines is 1. The summed E-state index contributed by atoms with van der Waals surface area (Å²) in [7, 11) is 0. The van der Waals surface area contributed by atoms with Crippen molar-refractivity contribution in [3.05, 3.63) is 24.5 Å². The molecule has 8 heavy (non-hydrogen) atoms. The molecule has 0 aliphatic rings. The first-order chi connectivity index (χ1) is 3.93. The first-order valence-corrected chi connectivity index (χ1v) is 3.28. The third-order valence-corrected chi connectivity index (χ3v) is 1.39. The van der Waals surface area contributed by atoms with E-state index in [-0.39, 0.29) is 0 Å². The summed E-state index contributed by atoms with van der Waals surface area (Å²) < 4.78 is 2.93. The maximum Gasteiger partial charge on any atom is 0.0613 e. The Morgan fingerprint density at radius 1 is 1.62 bits per heavy atom. The van der Waals surface area contributed by atoms with Gasteiger partial charge in [-0.2, -0.15) is 0 Å². The number of hydrogen-bond acceptors (Lipinski definition) is 2. The van der Waals surface area contributed by atoms with Crippen molar-refractivity contribution >= 4 is 28.6 Å². The molecule has 0 aliphatic carbocycles. The van der Waals surface area contributed by atoms with Crippen LogP contribution in [0.15, 0.2) is 24.5 Å². The third-order valence-electron chi connectivity index (χ3n) is 0.771. The molecule has 1 aromatic rings. The predicted molar refractivity (Wildman–Crippen MR) is 41.9 cm³/mol. The maximum absolute atomic E-state index is 3.89. The fraction of sp³-hybridized carbons (Fsp3) is 0. The van der Waals surface area contributed by atoms with E-state index in [0.29, 0.717) is 0 Å². The van der Waals surface area contributed by atoms with Crippen LogP contribution in [0.3, 0.4) is 0 Å². The van der Waals surface area contributed by atoms with Crippen molar-refractivity contribution in [1.29, 1.82) is 0 Å². The Bertz CT molecular complexity index is 152. The van der Waals surface area contributed by atoms with E-state index in [9.17, 15) is 0 Å². The summed E-state index contributed by atoms with van der Waals surface area (Å²) >= 11 is 2.06. The van der Waals surface area contributed by atoms with E-state index in [1.165, 1.54) is 0 Å². The molecule has 0 bridgehead atoms. The molecule has 3 heteroatoms. The van der Waals surface area contributed by atoms with Gasteiger partial charge in [-0.3, -0.25) is 4.98 Å². The largest absolute Gasteiger partial charge is 0.327 e. The van der Waals surface area contributed by atoms with Gasteiger partial charge in [0, 0.05) is 6.20 Å². The Labute approximate surface area is 61.8 Å². The molecular formula is C5H5IN2. The predicted octanol–water partition coefficient (Wildman–Crippen LogP) is 1.84. The van der Waals surface area contributed by atoms with E-state index in [1.54, 1.807) is 12.4 Å². The van der Waals surface area contributed by atoms with Crippen molar-refractivity contribution in [2.75, 3.05) is 3.53 Å². The Morgan fingerprint density at radius 2 is 2.50 bits per heavy atom. The lowest BCUT2D eigenvalue weighted by molar-refractivity contribution is 1.34. The molecule has 0 saturated heterocycles. The summed E-state index contributed by atoms with van der Waals surface area (Å²) in [5, 5.41) is 0. The molecule has 0 saturated carbocycles. The van der Waals surface area contributed by atoms with E-state index in [4.69, 9.17) is 0 Å². The lowest BCUT2D eigenvalue weighted by Crippen LogP contribution is -1.77. The minimum absolute atomic E-state index is 1.04. The Hall–Kier alpha value is -0.320. The van der Waals surface area contributed by atoms with Gasteiger partial charge in [0.1, 0.15) is 0 Å². The molecular weight excluding hydrogens is 215 g/mol. The fourth-order valence-corrected chi connectivity index (χ4v) is 0.738. The molecule has 0 fully saturated rings. The zero-order chi connectivity index (χ0) is 5.82. The third kappa shape index (κ3) is 1.33. The van der Waals surface area contributed by atoms with E-state index in [0.717, 1.165) is 5.69 Å². The lowest BCUT2D eigenvalue weighted by Gasteiger charge is -1.91. The van der Waals surface area contributed by atoms with E-state index in [2.05, 4.69) is 31.4 Å². The van der Waals surface area contributed by atoms with Gasteiger partial charge in [-0.1, -0.05) is 0 Å². The highest BCUT2D eigenvalue weighted by atomic mass is 127. The second-order valence-corrected chi connectivity index (χ2v) is 1.88. The van der Waals surface area contributed by atoms with Crippen LogP contribution >= 0.6 is 22.9 Å². The first kappa shape index (κ1) is 5.81. The van der Waals surface area contributed by atoms with Crippen LogP contribution in [0.25, 0.3) is 0 Å². The number of nitrogens with one attached hydrogen (secondary N) is 1. The molecule has 42 valence electrons. The average molecular weight is 220 g/mol. The van der Waals surface area contributed by atoms with Crippen LogP contribution in [0.1, 0.15) is 0 Å². The van der Waals surface area contributed by atoms with E-state index in [1.807, 2.05) is 12.1 Å². The van der Waals surface area contributed by atoms with Gasteiger partial charge in [0.25, 0.3) is 0 Å². The van der Waals surface area contributed by atoms with Crippen molar-refractivity contribution in [3.8, 4) is 0 Å². The monoisotopic (exact) mass is 220 g/mol. The molecule has 0 radical (unpaired) electrons. The highest BCUT2D eigenvalue weighted by Crippen LogP contribution is 2.03. The van der Waals surface area contributed by atoms with E-state index < -0.39 is 0 Å². The van der Waals surface area contributed by atoms with Crippen LogP contribution in [0.5, 0.6) is 0 Å². The molecule has 0 spiro atoms. The molecule has 0 aliphatic heterocycles. The normalized spacial score (nSPS) is 8.62. The topological polar surface area (TPSA) is 24.9 Å². The maximum atomic E-state index is 3.89. The van der Waals surface area contributed by atoms with Crippen molar-refractivity contribution in [1.82, 2.24) is 4.98 Å². The van der Waals surface area contributed by atoms with Crippen molar-refractivity contribution in [3.63, 3.8) is 0 Å². The van der Waals surface area contributed by atoms with Gasteiger partial charge >= 0.3 is 0 Å². The van der Waals surface area contributed by atoms with Crippen molar-refractivity contribution in [2.24, 2.45) is 0 Å². The summed E-state index contributed by atoms with van der Waals surface area (Å²) in [6.07, 6.45) is 3.52. The second kappa shape index (κ2) is 2.86. The van der Waals surface area contributed by atoms with Crippen LogP contribution in [0.4, 0.5) is 5.69 Å². The number of nitrogens with zero attached hydrogens (tertiary/aromatic N) is 1. The van der Waals surface area contributed by atoms with Gasteiger partial charge in [0.2, 0.25) is 0 Å². The molecule has 0 amide bonds. The van der Waals surface area contributed by atoms with E-state index >= 15 is 0 Å². The Kier molecular flexibility index (Phi) is 2.08. The smallest absolute Gasteiger partial charge is 0.0613 e. The van der Waals surface area contributed by atoms with Crippen LogP contribution < -0.4 is 3.53 Å². The molecule has 0 aromatic carbocycles. The van der Waals surface area contributed by atoms with Crippen LogP contribution in [0.2, 0.25) is 0 Å². The summed E-state index contributed by atoms with van der Waals surface area (Å²) in [6, 6.07) is 3.85. The van der Waals surface area contributed by atoms with Gasteiger partial charge < -0.3 is 3.53 Å². The zero-order valence-corrected chi connectivity index (χ0v) is 6.29. The number of pyridine rings is 1. The molecule has 0 atom stereocenters. The van der Waals surface area contributed by atoms with Crippen LogP contribution in [0, 0.1) is 0 Å². The standard InChI is InChI=1S/C5H5IN2/c6-8-5-2-1-3-7-4-5/h1-4,8H. The summed E-state index contributed by atoms with van der Waals surface area (Å²) in [6.45, 7) is 0. The highest BCUT2D eigenvalue weighted by molar-refractivity contribution is 14.1. The summed E-state index contributed by atoms with van der Waals surface area (Å²) in [5.41, 5.74) is 1.04. The lowest BCUT2D eigenvalue weighted by atomic mass is 10.4.